The second-order valence-electron chi connectivity index (χ2n) is 3.93. The van der Waals surface area contributed by atoms with Gasteiger partial charge >= 0.3 is 5.97 Å². The average molecular weight is 254 g/mol. The number of hydrogen-bond acceptors (Lipinski definition) is 3. The number of aliphatic carboxylic acids is 1. The van der Waals surface area contributed by atoms with Crippen LogP contribution in [0.5, 0.6) is 0 Å². The third-order valence-corrected chi connectivity index (χ3v) is 2.50. The van der Waals surface area contributed by atoms with Crippen LogP contribution < -0.4 is 0 Å². The van der Waals surface area contributed by atoms with Crippen LogP contribution in [0.3, 0.4) is 0 Å². The molecule has 6 nitrogen and oxygen atoms in total. The van der Waals surface area contributed by atoms with Crippen molar-refractivity contribution in [1.29, 1.82) is 0 Å². The van der Waals surface area contributed by atoms with Crippen LogP contribution in [0.2, 0.25) is 0 Å². The number of carbonyl (C=O) groups is 2. The van der Waals surface area contributed by atoms with Gasteiger partial charge in [-0.15, -0.1) is 0 Å². The second kappa shape index (κ2) is 6.80. The topological polar surface area (TPSA) is 82.8 Å². The summed E-state index contributed by atoms with van der Waals surface area (Å²) in [6.45, 7) is 2.38. The fourth-order valence-corrected chi connectivity index (χ4v) is 1.76. The molecule has 0 aromatic carbocycles. The van der Waals surface area contributed by atoms with E-state index in [0.29, 0.717) is 12.2 Å². The third-order valence-electron chi connectivity index (χ3n) is 2.50. The second-order valence-corrected chi connectivity index (χ2v) is 3.93. The van der Waals surface area contributed by atoms with Gasteiger partial charge in [-0.1, -0.05) is 6.92 Å². The molecule has 0 unspecified atom stereocenters. The largest absolute Gasteiger partial charge is 0.480 e. The molecule has 2 N–H and O–H groups in total. The highest BCUT2D eigenvalue weighted by Crippen LogP contribution is 2.07. The van der Waals surface area contributed by atoms with Gasteiger partial charge in [0.15, 0.2) is 0 Å². The van der Waals surface area contributed by atoms with Gasteiger partial charge in [0.25, 0.3) is 5.91 Å². The van der Waals surface area contributed by atoms with Crippen LogP contribution in [-0.4, -0.2) is 51.3 Å². The van der Waals surface area contributed by atoms with E-state index in [1.165, 1.54) is 9.47 Å². The molecule has 0 radical (unpaired) electrons. The van der Waals surface area contributed by atoms with Crippen molar-refractivity contribution in [3.05, 3.63) is 24.0 Å². The molecule has 18 heavy (non-hydrogen) atoms. The Labute approximate surface area is 105 Å². The summed E-state index contributed by atoms with van der Waals surface area (Å²) >= 11 is 0. The van der Waals surface area contributed by atoms with E-state index >= 15 is 0 Å². The summed E-state index contributed by atoms with van der Waals surface area (Å²) in [5.41, 5.74) is 0.333. The monoisotopic (exact) mass is 254 g/mol. The van der Waals surface area contributed by atoms with Crippen molar-refractivity contribution in [1.82, 2.24) is 9.47 Å². The third kappa shape index (κ3) is 3.59. The van der Waals surface area contributed by atoms with E-state index in [2.05, 4.69) is 0 Å². The highest BCUT2D eigenvalue weighted by molar-refractivity contribution is 5.93. The molecule has 1 amide bonds. The number of nitrogens with zero attached hydrogens (tertiary/aromatic N) is 2. The molecule has 6 heteroatoms. The summed E-state index contributed by atoms with van der Waals surface area (Å²) in [4.78, 5) is 24.4. The average Bonchev–Trinajstić information content (AvgIpc) is 2.75. The summed E-state index contributed by atoms with van der Waals surface area (Å²) in [5.74, 6) is -1.25. The van der Waals surface area contributed by atoms with Gasteiger partial charge in [0.2, 0.25) is 0 Å². The number of carboxylic acid groups (broad SMARTS) is 1. The molecule has 0 fully saturated rings. The van der Waals surface area contributed by atoms with Crippen molar-refractivity contribution in [2.45, 2.75) is 19.9 Å². The maximum atomic E-state index is 12.2. The molecule has 0 bridgehead atoms. The Morgan fingerprint density at radius 1 is 1.39 bits per heavy atom. The van der Waals surface area contributed by atoms with E-state index in [1.54, 1.807) is 18.3 Å². The molecular formula is C12H18N2O4. The van der Waals surface area contributed by atoms with E-state index in [0.717, 1.165) is 6.42 Å². The number of rotatable bonds is 7. The maximum Gasteiger partial charge on any atom is 0.323 e. The molecule has 0 aliphatic carbocycles. The van der Waals surface area contributed by atoms with E-state index in [-0.39, 0.29) is 25.6 Å². The SMILES string of the molecule is CCCN(CCO)C(=O)c1cccn1CC(=O)O. The van der Waals surface area contributed by atoms with Crippen LogP contribution in [-0.2, 0) is 11.3 Å². The number of carbonyl (C=O) groups excluding carboxylic acids is 1. The van der Waals surface area contributed by atoms with E-state index in [1.807, 2.05) is 6.92 Å². The van der Waals surface area contributed by atoms with Crippen molar-refractivity contribution in [2.24, 2.45) is 0 Å². The van der Waals surface area contributed by atoms with Crippen LogP contribution in [0.4, 0.5) is 0 Å². The van der Waals surface area contributed by atoms with Crippen molar-refractivity contribution < 1.29 is 19.8 Å². The number of aliphatic hydroxyl groups excluding tert-OH is 1. The molecule has 0 aliphatic heterocycles. The lowest BCUT2D eigenvalue weighted by atomic mass is 10.3. The van der Waals surface area contributed by atoms with E-state index < -0.39 is 5.97 Å². The van der Waals surface area contributed by atoms with Gasteiger partial charge in [0, 0.05) is 19.3 Å². The normalized spacial score (nSPS) is 10.3. The van der Waals surface area contributed by atoms with E-state index in [9.17, 15) is 9.59 Å². The molecule has 1 rings (SSSR count). The number of aromatic nitrogens is 1. The summed E-state index contributed by atoms with van der Waals surface area (Å²) in [5, 5.41) is 17.7. The zero-order valence-electron chi connectivity index (χ0n) is 10.4. The number of carboxylic acids is 1. The van der Waals surface area contributed by atoms with Crippen molar-refractivity contribution in [3.8, 4) is 0 Å². The molecular weight excluding hydrogens is 236 g/mol. The fraction of sp³-hybridized carbons (Fsp3) is 0.500. The van der Waals surface area contributed by atoms with Gasteiger partial charge < -0.3 is 19.7 Å². The lowest BCUT2D eigenvalue weighted by Gasteiger charge is -2.21. The predicted octanol–water partition coefficient (Wildman–Crippen LogP) is 0.417. The van der Waals surface area contributed by atoms with E-state index in [4.69, 9.17) is 10.2 Å². The zero-order chi connectivity index (χ0) is 13.5. The minimum absolute atomic E-state index is 0.106. The fourth-order valence-electron chi connectivity index (χ4n) is 1.76. The highest BCUT2D eigenvalue weighted by Gasteiger charge is 2.18. The van der Waals surface area contributed by atoms with Crippen LogP contribution in [0.1, 0.15) is 23.8 Å². The van der Waals surface area contributed by atoms with Gasteiger partial charge in [-0.2, -0.15) is 0 Å². The standard InChI is InChI=1S/C12H18N2O4/c1-2-5-13(7-8-15)12(18)10-4-3-6-14(10)9-11(16)17/h3-4,6,15H,2,5,7-9H2,1H3,(H,16,17). The molecule has 1 aromatic heterocycles. The van der Waals surface area contributed by atoms with Gasteiger partial charge in [-0.25, -0.2) is 0 Å². The molecule has 0 spiro atoms. The number of amides is 1. The Morgan fingerprint density at radius 3 is 2.67 bits per heavy atom. The number of aliphatic hydroxyl groups is 1. The lowest BCUT2D eigenvalue weighted by Crippen LogP contribution is -2.35. The summed E-state index contributed by atoms with van der Waals surface area (Å²) in [7, 11) is 0. The minimum Gasteiger partial charge on any atom is -0.480 e. The molecule has 0 saturated heterocycles. The molecule has 100 valence electrons. The summed E-state index contributed by atoms with van der Waals surface area (Å²) in [6, 6.07) is 3.23. The Morgan fingerprint density at radius 2 is 2.11 bits per heavy atom. The zero-order valence-corrected chi connectivity index (χ0v) is 10.4. The van der Waals surface area contributed by atoms with Crippen molar-refractivity contribution in [2.75, 3.05) is 19.7 Å². The van der Waals surface area contributed by atoms with Gasteiger partial charge in [0.1, 0.15) is 12.2 Å². The number of hydrogen-bond donors (Lipinski definition) is 2. The smallest absolute Gasteiger partial charge is 0.323 e. The Balaban J connectivity index is 2.87. The first-order chi connectivity index (χ1) is 8.60. The Kier molecular flexibility index (Phi) is 5.38. The molecule has 0 atom stereocenters. The van der Waals surface area contributed by atoms with Gasteiger partial charge in [-0.05, 0) is 18.6 Å². The van der Waals surface area contributed by atoms with Gasteiger partial charge in [-0.3, -0.25) is 9.59 Å². The molecule has 1 aromatic rings. The molecule has 1 heterocycles. The predicted molar refractivity (Wildman–Crippen MR) is 65.3 cm³/mol. The van der Waals surface area contributed by atoms with Crippen molar-refractivity contribution in [3.63, 3.8) is 0 Å². The minimum atomic E-state index is -0.996. The molecule has 0 saturated carbocycles. The maximum absolute atomic E-state index is 12.2. The van der Waals surface area contributed by atoms with Crippen LogP contribution >= 0.6 is 0 Å². The lowest BCUT2D eigenvalue weighted by molar-refractivity contribution is -0.137. The van der Waals surface area contributed by atoms with Crippen molar-refractivity contribution >= 4 is 11.9 Å². The molecule has 0 aliphatic rings. The Hall–Kier alpha value is -1.82. The van der Waals surface area contributed by atoms with Gasteiger partial charge in [0.05, 0.1) is 6.61 Å². The first-order valence-corrected chi connectivity index (χ1v) is 5.87. The van der Waals surface area contributed by atoms with Crippen LogP contribution in [0.15, 0.2) is 18.3 Å². The first kappa shape index (κ1) is 14.2. The summed E-state index contributed by atoms with van der Waals surface area (Å²) in [6.07, 6.45) is 2.34. The highest BCUT2D eigenvalue weighted by atomic mass is 16.4. The summed E-state index contributed by atoms with van der Waals surface area (Å²) < 4.78 is 1.39. The van der Waals surface area contributed by atoms with Crippen LogP contribution in [0.25, 0.3) is 0 Å². The van der Waals surface area contributed by atoms with Crippen LogP contribution in [0, 0.1) is 0 Å². The quantitative estimate of drug-likeness (QED) is 0.738. The first-order valence-electron chi connectivity index (χ1n) is 5.87. The Bertz CT molecular complexity index is 408.